The van der Waals surface area contributed by atoms with Crippen LogP contribution in [0, 0.1) is 0 Å². The number of amides is 2. The van der Waals surface area contributed by atoms with Crippen LogP contribution in [0.15, 0.2) is 65.1 Å². The first kappa shape index (κ1) is 29.0. The van der Waals surface area contributed by atoms with E-state index in [1.807, 2.05) is 35.7 Å². The zero-order valence-electron chi connectivity index (χ0n) is 21.8. The number of amidine groups is 1. The Morgan fingerprint density at radius 2 is 1.67 bits per heavy atom. The van der Waals surface area contributed by atoms with Crippen molar-refractivity contribution in [1.29, 1.82) is 0 Å². The third kappa shape index (κ3) is 8.20. The predicted molar refractivity (Wildman–Crippen MR) is 146 cm³/mol. The van der Waals surface area contributed by atoms with Crippen molar-refractivity contribution in [3.63, 3.8) is 0 Å². The van der Waals surface area contributed by atoms with Gasteiger partial charge in [0.1, 0.15) is 6.04 Å². The third-order valence-electron chi connectivity index (χ3n) is 5.47. The molecular weight excluding hydrogens is 524 g/mol. The molecule has 0 saturated heterocycles. The molecule has 206 valence electrons. The molecule has 3 rings (SSSR count). The molecule has 0 saturated carbocycles. The fourth-order valence-corrected chi connectivity index (χ4v) is 4.16. The van der Waals surface area contributed by atoms with Gasteiger partial charge in [-0.1, -0.05) is 41.6 Å². The number of rotatable bonds is 13. The number of thiophene rings is 1. The lowest BCUT2D eigenvalue weighted by atomic mass is 10.1. The second kappa shape index (κ2) is 14.4. The maximum absolute atomic E-state index is 12.8. The Morgan fingerprint density at radius 1 is 0.974 bits per heavy atom. The van der Waals surface area contributed by atoms with E-state index in [9.17, 15) is 14.4 Å². The standard InChI is InChI=1S/C27H30N4O7S/c1-35-20-15-18(16-21(36-2)24(20)37-3)26(33)29-12-11-23(32)30-19(14-17-8-5-4-6-9-17)27(34)38-31-25(28)22-10-7-13-39-22/h4-10,13,15-16,19H,11-12,14H2,1-3H3,(H2,28,31)(H,29,33)(H,30,32)/t19-/m1/s1. The first-order valence-corrected chi connectivity index (χ1v) is 12.7. The first-order valence-electron chi connectivity index (χ1n) is 11.9. The summed E-state index contributed by atoms with van der Waals surface area (Å²) < 4.78 is 15.8. The van der Waals surface area contributed by atoms with Crippen LogP contribution < -0.4 is 30.6 Å². The van der Waals surface area contributed by atoms with E-state index in [1.54, 1.807) is 12.1 Å². The Labute approximate surface area is 229 Å². The van der Waals surface area contributed by atoms with Crippen LogP contribution in [-0.2, 0) is 20.8 Å². The molecule has 0 aliphatic rings. The number of oxime groups is 1. The number of hydrogen-bond acceptors (Lipinski definition) is 9. The highest BCUT2D eigenvalue weighted by molar-refractivity contribution is 7.12. The number of nitrogens with two attached hydrogens (primary N) is 1. The molecule has 0 unspecified atom stereocenters. The van der Waals surface area contributed by atoms with Gasteiger partial charge in [0, 0.05) is 24.9 Å². The van der Waals surface area contributed by atoms with Gasteiger partial charge in [-0.15, -0.1) is 11.3 Å². The average molecular weight is 555 g/mol. The molecule has 0 spiro atoms. The first-order chi connectivity index (χ1) is 18.9. The number of nitrogens with one attached hydrogen (secondary N) is 2. The Kier molecular flexibility index (Phi) is 10.7. The molecule has 3 aromatic rings. The van der Waals surface area contributed by atoms with Gasteiger partial charge in [0.15, 0.2) is 17.3 Å². The van der Waals surface area contributed by atoms with E-state index in [2.05, 4.69) is 15.8 Å². The van der Waals surface area contributed by atoms with Crippen molar-refractivity contribution >= 4 is 35.0 Å². The van der Waals surface area contributed by atoms with Gasteiger partial charge >= 0.3 is 5.97 Å². The topological polar surface area (TPSA) is 151 Å². The summed E-state index contributed by atoms with van der Waals surface area (Å²) in [6.45, 7) is 0.0118. The molecule has 0 fully saturated rings. The molecule has 11 nitrogen and oxygen atoms in total. The highest BCUT2D eigenvalue weighted by Gasteiger charge is 2.24. The minimum atomic E-state index is -1.02. The van der Waals surface area contributed by atoms with Gasteiger partial charge in [0.25, 0.3) is 5.91 Å². The summed E-state index contributed by atoms with van der Waals surface area (Å²) in [6, 6.07) is 14.7. The highest BCUT2D eigenvalue weighted by Crippen LogP contribution is 2.38. The van der Waals surface area contributed by atoms with Crippen LogP contribution in [0.3, 0.4) is 0 Å². The van der Waals surface area contributed by atoms with E-state index in [4.69, 9.17) is 24.8 Å². The van der Waals surface area contributed by atoms with Crippen LogP contribution in [0.1, 0.15) is 27.2 Å². The van der Waals surface area contributed by atoms with E-state index in [-0.39, 0.29) is 30.8 Å². The van der Waals surface area contributed by atoms with Crippen molar-refractivity contribution in [1.82, 2.24) is 10.6 Å². The van der Waals surface area contributed by atoms with Crippen LogP contribution in [0.5, 0.6) is 17.2 Å². The van der Waals surface area contributed by atoms with Gasteiger partial charge in [-0.2, -0.15) is 0 Å². The van der Waals surface area contributed by atoms with Gasteiger partial charge in [0.05, 0.1) is 26.2 Å². The third-order valence-corrected chi connectivity index (χ3v) is 6.37. The maximum Gasteiger partial charge on any atom is 0.357 e. The van der Waals surface area contributed by atoms with Crippen LogP contribution in [0.4, 0.5) is 0 Å². The predicted octanol–water partition coefficient (Wildman–Crippen LogP) is 2.49. The Morgan fingerprint density at radius 3 is 2.26 bits per heavy atom. The summed E-state index contributed by atoms with van der Waals surface area (Å²) in [5.41, 5.74) is 6.94. The molecular formula is C27H30N4O7S. The minimum absolute atomic E-state index is 0.0118. The lowest BCUT2D eigenvalue weighted by molar-refractivity contribution is -0.147. The van der Waals surface area contributed by atoms with Crippen molar-refractivity contribution < 1.29 is 33.4 Å². The van der Waals surface area contributed by atoms with Gasteiger partial charge in [-0.05, 0) is 29.1 Å². The van der Waals surface area contributed by atoms with Crippen molar-refractivity contribution in [2.24, 2.45) is 10.9 Å². The number of benzene rings is 2. The highest BCUT2D eigenvalue weighted by atomic mass is 32.1. The Bertz CT molecular complexity index is 1270. The fraction of sp³-hybridized carbons (Fsp3) is 0.259. The summed E-state index contributed by atoms with van der Waals surface area (Å²) in [6.07, 6.45) is 0.0903. The molecule has 1 atom stereocenters. The lowest BCUT2D eigenvalue weighted by Gasteiger charge is -2.16. The molecule has 1 heterocycles. The summed E-state index contributed by atoms with van der Waals surface area (Å²) in [5.74, 6) is -0.623. The quantitative estimate of drug-likeness (QED) is 0.126. The largest absolute Gasteiger partial charge is 0.493 e. The van der Waals surface area contributed by atoms with E-state index < -0.39 is 23.8 Å². The molecule has 0 radical (unpaired) electrons. The van der Waals surface area contributed by atoms with Crippen LogP contribution in [0.2, 0.25) is 0 Å². The molecule has 1 aromatic heterocycles. The van der Waals surface area contributed by atoms with E-state index >= 15 is 0 Å². The van der Waals surface area contributed by atoms with E-state index in [0.29, 0.717) is 22.1 Å². The molecule has 39 heavy (non-hydrogen) atoms. The molecule has 0 aliphatic heterocycles. The van der Waals surface area contributed by atoms with Crippen LogP contribution >= 0.6 is 11.3 Å². The summed E-state index contributed by atoms with van der Waals surface area (Å²) in [7, 11) is 4.36. The van der Waals surface area contributed by atoms with Crippen molar-refractivity contribution in [2.45, 2.75) is 18.9 Å². The summed E-state index contributed by atoms with van der Waals surface area (Å²) in [4.78, 5) is 43.9. The maximum atomic E-state index is 12.8. The second-order valence-electron chi connectivity index (χ2n) is 8.09. The van der Waals surface area contributed by atoms with Crippen molar-refractivity contribution in [3.05, 3.63) is 76.0 Å². The van der Waals surface area contributed by atoms with Crippen molar-refractivity contribution in [3.8, 4) is 17.2 Å². The van der Waals surface area contributed by atoms with Crippen molar-refractivity contribution in [2.75, 3.05) is 27.9 Å². The minimum Gasteiger partial charge on any atom is -0.493 e. The smallest absolute Gasteiger partial charge is 0.357 e. The van der Waals surface area contributed by atoms with Gasteiger partial charge in [-0.3, -0.25) is 9.59 Å². The molecule has 2 amide bonds. The number of nitrogens with zero attached hydrogens (tertiary/aromatic N) is 1. The fourth-order valence-electron chi connectivity index (χ4n) is 3.54. The zero-order valence-corrected chi connectivity index (χ0v) is 22.6. The van der Waals surface area contributed by atoms with E-state index in [1.165, 1.54) is 44.8 Å². The van der Waals surface area contributed by atoms with E-state index in [0.717, 1.165) is 5.56 Å². The molecule has 0 bridgehead atoms. The molecule has 12 heteroatoms. The number of carbonyl (C=O) groups excluding carboxylic acids is 3. The normalized spacial score (nSPS) is 11.7. The van der Waals surface area contributed by atoms with Gasteiger partial charge in [0.2, 0.25) is 11.7 Å². The monoisotopic (exact) mass is 554 g/mol. The van der Waals surface area contributed by atoms with Gasteiger partial charge in [-0.25, -0.2) is 4.79 Å². The lowest BCUT2D eigenvalue weighted by Crippen LogP contribution is -2.44. The number of methoxy groups -OCH3 is 3. The van der Waals surface area contributed by atoms with Crippen LogP contribution in [0.25, 0.3) is 0 Å². The Hall–Kier alpha value is -4.58. The number of ether oxygens (including phenoxy) is 3. The van der Waals surface area contributed by atoms with Crippen LogP contribution in [-0.4, -0.2) is 57.5 Å². The molecule has 4 N–H and O–H groups in total. The van der Waals surface area contributed by atoms with Gasteiger partial charge < -0.3 is 35.4 Å². The molecule has 2 aromatic carbocycles. The SMILES string of the molecule is COc1cc(C(=O)NCCC(=O)N[C@H](Cc2ccccc2)C(=O)O/N=C(/N)c2cccs2)cc(OC)c1OC. The summed E-state index contributed by atoms with van der Waals surface area (Å²) >= 11 is 1.35. The Balaban J connectivity index is 1.61. The average Bonchev–Trinajstić information content (AvgIpc) is 3.50. The zero-order chi connectivity index (χ0) is 28.2. The summed E-state index contributed by atoms with van der Waals surface area (Å²) in [5, 5.41) is 10.9. The molecule has 0 aliphatic carbocycles. The number of carbonyl (C=O) groups is 3. The number of hydrogen-bond donors (Lipinski definition) is 3. The second-order valence-corrected chi connectivity index (χ2v) is 9.04.